The van der Waals surface area contributed by atoms with E-state index >= 15 is 0 Å². The fraction of sp³-hybridized carbons (Fsp3) is 0.500. The van der Waals surface area contributed by atoms with Gasteiger partial charge in [0.15, 0.2) is 17.3 Å². The number of rotatable bonds is 5. The van der Waals surface area contributed by atoms with Crippen molar-refractivity contribution in [2.75, 3.05) is 14.2 Å². The molecule has 3 rings (SSSR count). The molecule has 140 valence electrons. The maximum Gasteiger partial charge on any atom is 0.252 e. The minimum absolute atomic E-state index is 0.266. The van der Waals surface area contributed by atoms with Crippen molar-refractivity contribution in [1.29, 1.82) is 0 Å². The number of nitrogens with zero attached hydrogens (tertiary/aromatic N) is 2. The van der Waals surface area contributed by atoms with Crippen molar-refractivity contribution in [3.8, 4) is 11.5 Å². The largest absolute Gasteiger partial charge is 0.493 e. The summed E-state index contributed by atoms with van der Waals surface area (Å²) in [5.41, 5.74) is -0.245. The monoisotopic (exact) mass is 379 g/mol. The van der Waals surface area contributed by atoms with Crippen molar-refractivity contribution in [2.24, 2.45) is 0 Å². The van der Waals surface area contributed by atoms with Crippen LogP contribution in [0, 0.1) is 6.92 Å². The molecule has 1 aliphatic carbocycles. The minimum atomic E-state index is -0.632. The lowest BCUT2D eigenvalue weighted by Gasteiger charge is -2.35. The molecule has 0 atom stereocenters. The van der Waals surface area contributed by atoms with Crippen molar-refractivity contribution in [3.05, 3.63) is 34.4 Å². The Morgan fingerprint density at radius 2 is 1.96 bits per heavy atom. The molecule has 1 aromatic carbocycles. The van der Waals surface area contributed by atoms with E-state index in [-0.39, 0.29) is 5.91 Å². The summed E-state index contributed by atoms with van der Waals surface area (Å²) in [5, 5.41) is 7.49. The Morgan fingerprint density at radius 1 is 1.23 bits per heavy atom. The van der Waals surface area contributed by atoms with Gasteiger partial charge in [0.1, 0.15) is 5.54 Å². The first-order valence-corrected chi connectivity index (χ1v) is 8.92. The van der Waals surface area contributed by atoms with E-state index in [2.05, 4.69) is 15.5 Å². The van der Waals surface area contributed by atoms with Crippen molar-refractivity contribution in [2.45, 2.75) is 44.6 Å². The molecular weight excluding hydrogens is 358 g/mol. The molecule has 1 N–H and O–H groups in total. The van der Waals surface area contributed by atoms with Crippen molar-refractivity contribution in [1.82, 2.24) is 15.5 Å². The van der Waals surface area contributed by atoms with Crippen LogP contribution >= 0.6 is 11.6 Å². The maximum absolute atomic E-state index is 13.0. The molecule has 1 fully saturated rings. The SMILES string of the molecule is COc1cc(C(=O)NC2(c3noc(C)n3)CCCCC2)cc(Cl)c1OC. The number of aromatic nitrogens is 2. The lowest BCUT2D eigenvalue weighted by Crippen LogP contribution is -2.48. The first-order chi connectivity index (χ1) is 12.5. The van der Waals surface area contributed by atoms with Crippen LogP contribution in [-0.2, 0) is 5.54 Å². The standard InChI is InChI=1S/C18H22ClN3O4/c1-11-20-17(22-26-11)18(7-5-4-6-8-18)21-16(23)12-9-13(19)15(25-3)14(10-12)24-2/h9-10H,4-8H2,1-3H3,(H,21,23). The number of aryl methyl sites for hydroxylation is 1. The molecule has 1 heterocycles. The average molecular weight is 380 g/mol. The topological polar surface area (TPSA) is 86.5 Å². The molecule has 0 aliphatic heterocycles. The summed E-state index contributed by atoms with van der Waals surface area (Å²) in [6, 6.07) is 3.17. The molecule has 0 bridgehead atoms. The summed E-state index contributed by atoms with van der Waals surface area (Å²) >= 11 is 6.23. The molecule has 1 aromatic heterocycles. The molecule has 0 saturated heterocycles. The second-order valence-corrected chi connectivity index (χ2v) is 6.83. The van der Waals surface area contributed by atoms with E-state index in [1.165, 1.54) is 14.2 Å². The number of ether oxygens (including phenoxy) is 2. The Hall–Kier alpha value is -2.28. The minimum Gasteiger partial charge on any atom is -0.493 e. The number of carbonyl (C=O) groups excluding carboxylic acids is 1. The Balaban J connectivity index is 1.92. The molecule has 0 unspecified atom stereocenters. The zero-order chi connectivity index (χ0) is 18.7. The second-order valence-electron chi connectivity index (χ2n) is 6.43. The number of halogens is 1. The van der Waals surface area contributed by atoms with E-state index in [4.69, 9.17) is 25.6 Å². The third kappa shape index (κ3) is 3.49. The van der Waals surface area contributed by atoms with E-state index in [0.717, 1.165) is 32.1 Å². The van der Waals surface area contributed by atoms with Crippen LogP contribution in [0.2, 0.25) is 5.02 Å². The molecule has 1 saturated carbocycles. The van der Waals surface area contributed by atoms with Crippen molar-refractivity contribution < 1.29 is 18.8 Å². The lowest BCUT2D eigenvalue weighted by molar-refractivity contribution is 0.0855. The summed E-state index contributed by atoms with van der Waals surface area (Å²) < 4.78 is 15.7. The maximum atomic E-state index is 13.0. The van der Waals surface area contributed by atoms with Gasteiger partial charge >= 0.3 is 0 Å². The van der Waals surface area contributed by atoms with Gasteiger partial charge in [-0.2, -0.15) is 4.98 Å². The normalized spacial score (nSPS) is 16.2. The molecule has 1 amide bonds. The van der Waals surface area contributed by atoms with Crippen LogP contribution in [-0.4, -0.2) is 30.3 Å². The number of carbonyl (C=O) groups is 1. The molecule has 7 nitrogen and oxygen atoms in total. The number of hydrogen-bond acceptors (Lipinski definition) is 6. The molecule has 0 spiro atoms. The molecule has 26 heavy (non-hydrogen) atoms. The Kier molecular flexibility index (Phi) is 5.36. The van der Waals surface area contributed by atoms with Crippen molar-refractivity contribution in [3.63, 3.8) is 0 Å². The van der Waals surface area contributed by atoms with E-state index < -0.39 is 5.54 Å². The van der Waals surface area contributed by atoms with Crippen LogP contribution in [0.25, 0.3) is 0 Å². The Bertz CT molecular complexity index is 800. The van der Waals surface area contributed by atoms with Gasteiger partial charge in [0, 0.05) is 12.5 Å². The summed E-state index contributed by atoms with van der Waals surface area (Å²) in [6.07, 6.45) is 4.62. The number of amides is 1. The lowest BCUT2D eigenvalue weighted by atomic mass is 9.80. The number of hydrogen-bond donors (Lipinski definition) is 1. The first-order valence-electron chi connectivity index (χ1n) is 8.54. The van der Waals surface area contributed by atoms with E-state index in [1.807, 2.05) is 0 Å². The number of methoxy groups -OCH3 is 2. The highest BCUT2D eigenvalue weighted by atomic mass is 35.5. The van der Waals surface area contributed by atoms with E-state index in [0.29, 0.717) is 33.8 Å². The quantitative estimate of drug-likeness (QED) is 0.853. The molecule has 8 heteroatoms. The zero-order valence-electron chi connectivity index (χ0n) is 15.1. The number of benzene rings is 1. The molecule has 0 radical (unpaired) electrons. The molecular formula is C18H22ClN3O4. The smallest absolute Gasteiger partial charge is 0.252 e. The van der Waals surface area contributed by atoms with Crippen LogP contribution in [0.5, 0.6) is 11.5 Å². The summed E-state index contributed by atoms with van der Waals surface area (Å²) in [4.78, 5) is 17.3. The van der Waals surface area contributed by atoms with Crippen LogP contribution in [0.15, 0.2) is 16.7 Å². The second kappa shape index (κ2) is 7.53. The van der Waals surface area contributed by atoms with Gasteiger partial charge in [-0.1, -0.05) is 36.0 Å². The fourth-order valence-corrected chi connectivity index (χ4v) is 3.68. The third-order valence-corrected chi connectivity index (χ3v) is 4.99. The average Bonchev–Trinajstić information content (AvgIpc) is 3.08. The van der Waals surface area contributed by atoms with Gasteiger partial charge in [-0.05, 0) is 25.0 Å². The van der Waals surface area contributed by atoms with Gasteiger partial charge < -0.3 is 19.3 Å². The Labute approximate surface area is 157 Å². The highest BCUT2D eigenvalue weighted by Crippen LogP contribution is 2.38. The van der Waals surface area contributed by atoms with Gasteiger partial charge in [0.05, 0.1) is 19.2 Å². The highest BCUT2D eigenvalue weighted by Gasteiger charge is 2.40. The Morgan fingerprint density at radius 3 is 2.54 bits per heavy atom. The van der Waals surface area contributed by atoms with E-state index in [9.17, 15) is 4.79 Å². The number of nitrogens with one attached hydrogen (secondary N) is 1. The van der Waals surface area contributed by atoms with Gasteiger partial charge in [0.25, 0.3) is 5.91 Å². The van der Waals surface area contributed by atoms with Crippen molar-refractivity contribution >= 4 is 17.5 Å². The van der Waals surface area contributed by atoms with Gasteiger partial charge in [-0.25, -0.2) is 0 Å². The van der Waals surface area contributed by atoms with Crippen LogP contribution in [0.4, 0.5) is 0 Å². The predicted molar refractivity (Wildman–Crippen MR) is 95.8 cm³/mol. The van der Waals surface area contributed by atoms with Gasteiger partial charge in [0.2, 0.25) is 5.89 Å². The van der Waals surface area contributed by atoms with Gasteiger partial charge in [-0.15, -0.1) is 0 Å². The van der Waals surface area contributed by atoms with Gasteiger partial charge in [-0.3, -0.25) is 4.79 Å². The fourth-order valence-electron chi connectivity index (χ4n) is 3.39. The molecule has 1 aliphatic rings. The first kappa shape index (κ1) is 18.5. The summed E-state index contributed by atoms with van der Waals surface area (Å²) in [6.45, 7) is 1.74. The summed E-state index contributed by atoms with van der Waals surface area (Å²) in [5.74, 6) is 1.53. The zero-order valence-corrected chi connectivity index (χ0v) is 15.9. The van der Waals surface area contributed by atoms with Crippen LogP contribution in [0.1, 0.15) is 54.2 Å². The predicted octanol–water partition coefficient (Wildman–Crippen LogP) is 3.64. The van der Waals surface area contributed by atoms with Crippen LogP contribution in [0.3, 0.4) is 0 Å². The van der Waals surface area contributed by atoms with E-state index in [1.54, 1.807) is 19.1 Å². The molecule has 2 aromatic rings. The highest BCUT2D eigenvalue weighted by molar-refractivity contribution is 6.32. The third-order valence-electron chi connectivity index (χ3n) is 4.71. The van der Waals surface area contributed by atoms with Crippen LogP contribution < -0.4 is 14.8 Å². The summed E-state index contributed by atoms with van der Waals surface area (Å²) in [7, 11) is 3.00.